The molecule has 0 saturated heterocycles. The number of nitrogens with zero attached hydrogens (tertiary/aromatic N) is 3. The Morgan fingerprint density at radius 3 is 2.57 bits per heavy atom. The first-order valence-corrected chi connectivity index (χ1v) is 10.7. The van der Waals surface area contributed by atoms with Gasteiger partial charge in [-0.15, -0.1) is 0 Å². The molecule has 1 aromatic heterocycles. The van der Waals surface area contributed by atoms with Gasteiger partial charge in [0.25, 0.3) is 0 Å². The molecule has 144 valence electrons. The van der Waals surface area contributed by atoms with Crippen molar-refractivity contribution in [2.45, 2.75) is 20.0 Å². The number of carbonyl (C=O) groups excluding carboxylic acids is 1. The SMILES string of the molecule is Cc1nc2ccccc2nc1COC(=O)c1ccc2c(c1)CCN2S(C)(=O)=O. The Labute approximate surface area is 163 Å². The highest BCUT2D eigenvalue weighted by Gasteiger charge is 2.27. The molecule has 8 heteroatoms. The van der Waals surface area contributed by atoms with Crippen LogP contribution in [0.4, 0.5) is 5.69 Å². The van der Waals surface area contributed by atoms with Gasteiger partial charge >= 0.3 is 5.97 Å². The third-order valence-corrected chi connectivity index (χ3v) is 5.93. The lowest BCUT2D eigenvalue weighted by Gasteiger charge is -2.16. The van der Waals surface area contributed by atoms with Gasteiger partial charge in [0.15, 0.2) is 0 Å². The van der Waals surface area contributed by atoms with Gasteiger partial charge in [0, 0.05) is 6.54 Å². The van der Waals surface area contributed by atoms with E-state index in [9.17, 15) is 13.2 Å². The van der Waals surface area contributed by atoms with Crippen LogP contribution in [0.2, 0.25) is 0 Å². The van der Waals surface area contributed by atoms with E-state index in [1.54, 1.807) is 18.2 Å². The summed E-state index contributed by atoms with van der Waals surface area (Å²) in [5, 5.41) is 0. The lowest BCUT2D eigenvalue weighted by Crippen LogP contribution is -2.27. The Bertz CT molecular complexity index is 1190. The number of anilines is 1. The molecule has 0 saturated carbocycles. The molecule has 28 heavy (non-hydrogen) atoms. The number of fused-ring (bicyclic) bond motifs is 2. The van der Waals surface area contributed by atoms with E-state index < -0.39 is 16.0 Å². The lowest BCUT2D eigenvalue weighted by molar-refractivity contribution is 0.0467. The molecule has 0 radical (unpaired) electrons. The summed E-state index contributed by atoms with van der Waals surface area (Å²) in [5.74, 6) is -0.477. The number of aryl methyl sites for hydroxylation is 1. The topological polar surface area (TPSA) is 89.5 Å². The van der Waals surface area contributed by atoms with Crippen LogP contribution >= 0.6 is 0 Å². The summed E-state index contributed by atoms with van der Waals surface area (Å²) in [5.41, 5.74) is 4.69. The monoisotopic (exact) mass is 397 g/mol. The molecule has 4 rings (SSSR count). The molecule has 0 amide bonds. The zero-order valence-corrected chi connectivity index (χ0v) is 16.4. The maximum atomic E-state index is 12.5. The lowest BCUT2D eigenvalue weighted by atomic mass is 10.1. The fourth-order valence-corrected chi connectivity index (χ4v) is 4.28. The van der Waals surface area contributed by atoms with Crippen LogP contribution in [0.5, 0.6) is 0 Å². The van der Waals surface area contributed by atoms with Gasteiger partial charge in [-0.05, 0) is 49.2 Å². The number of esters is 1. The van der Waals surface area contributed by atoms with E-state index in [4.69, 9.17) is 4.74 Å². The second kappa shape index (κ2) is 6.87. The number of hydrogen-bond donors (Lipinski definition) is 0. The molecule has 0 N–H and O–H groups in total. The van der Waals surface area contributed by atoms with Crippen molar-refractivity contribution in [1.82, 2.24) is 9.97 Å². The van der Waals surface area contributed by atoms with Gasteiger partial charge in [-0.2, -0.15) is 0 Å². The largest absolute Gasteiger partial charge is 0.456 e. The zero-order valence-electron chi connectivity index (χ0n) is 15.5. The van der Waals surface area contributed by atoms with Crippen LogP contribution in [0.1, 0.15) is 27.3 Å². The maximum Gasteiger partial charge on any atom is 0.338 e. The molecule has 0 aliphatic carbocycles. The Hall–Kier alpha value is -3.00. The third-order valence-electron chi connectivity index (χ3n) is 4.75. The van der Waals surface area contributed by atoms with Gasteiger partial charge < -0.3 is 4.74 Å². The summed E-state index contributed by atoms with van der Waals surface area (Å²) in [6, 6.07) is 12.5. The van der Waals surface area contributed by atoms with E-state index in [0.717, 1.165) is 16.6 Å². The van der Waals surface area contributed by atoms with Crippen molar-refractivity contribution in [3.8, 4) is 0 Å². The molecule has 3 aromatic rings. The molecule has 0 unspecified atom stereocenters. The van der Waals surface area contributed by atoms with E-state index in [1.807, 2.05) is 31.2 Å². The number of carbonyl (C=O) groups is 1. The van der Waals surface area contributed by atoms with E-state index >= 15 is 0 Å². The molecular weight excluding hydrogens is 378 g/mol. The van der Waals surface area contributed by atoms with Crippen LogP contribution < -0.4 is 4.31 Å². The summed E-state index contributed by atoms with van der Waals surface area (Å²) in [4.78, 5) is 21.5. The summed E-state index contributed by atoms with van der Waals surface area (Å²) >= 11 is 0. The fraction of sp³-hybridized carbons (Fsp3) is 0.250. The molecule has 1 aliphatic rings. The molecule has 7 nitrogen and oxygen atoms in total. The van der Waals surface area contributed by atoms with Crippen LogP contribution in [0, 0.1) is 6.92 Å². The summed E-state index contributed by atoms with van der Waals surface area (Å²) in [6.45, 7) is 2.24. The standard InChI is InChI=1S/C20H19N3O4S/c1-13-18(22-17-6-4-3-5-16(17)21-13)12-27-20(24)15-7-8-19-14(11-15)9-10-23(19)28(2,25)26/h3-8,11H,9-10,12H2,1-2H3. The van der Waals surface area contributed by atoms with Gasteiger partial charge in [-0.25, -0.2) is 23.2 Å². The molecule has 2 heterocycles. The predicted octanol–water partition coefficient (Wildman–Crippen LogP) is 2.62. The zero-order chi connectivity index (χ0) is 19.9. The first-order chi connectivity index (χ1) is 13.3. The average molecular weight is 397 g/mol. The number of sulfonamides is 1. The second-order valence-corrected chi connectivity index (χ2v) is 8.66. The van der Waals surface area contributed by atoms with Crippen molar-refractivity contribution >= 4 is 32.7 Å². The molecule has 0 bridgehead atoms. The average Bonchev–Trinajstić information content (AvgIpc) is 3.09. The van der Waals surface area contributed by atoms with Crippen molar-refractivity contribution in [3.05, 3.63) is 65.0 Å². The number of para-hydroxylation sites is 2. The van der Waals surface area contributed by atoms with Crippen molar-refractivity contribution in [2.75, 3.05) is 17.1 Å². The van der Waals surface area contributed by atoms with Crippen LogP contribution in [-0.2, 0) is 27.8 Å². The normalized spacial score (nSPS) is 13.6. The smallest absolute Gasteiger partial charge is 0.338 e. The Morgan fingerprint density at radius 2 is 1.86 bits per heavy atom. The highest BCUT2D eigenvalue weighted by molar-refractivity contribution is 7.92. The van der Waals surface area contributed by atoms with E-state index in [1.165, 1.54) is 10.6 Å². The van der Waals surface area contributed by atoms with Gasteiger partial charge in [0.05, 0.1) is 39.9 Å². The summed E-state index contributed by atoms with van der Waals surface area (Å²) in [7, 11) is -3.32. The number of hydrogen-bond acceptors (Lipinski definition) is 6. The van der Waals surface area contributed by atoms with Crippen molar-refractivity contribution < 1.29 is 17.9 Å². The number of rotatable bonds is 4. The maximum absolute atomic E-state index is 12.5. The van der Waals surface area contributed by atoms with Crippen molar-refractivity contribution in [2.24, 2.45) is 0 Å². The minimum absolute atomic E-state index is 0.0229. The minimum Gasteiger partial charge on any atom is -0.456 e. The number of aromatic nitrogens is 2. The Balaban J connectivity index is 1.52. The third kappa shape index (κ3) is 3.43. The van der Waals surface area contributed by atoms with Crippen LogP contribution in [0.15, 0.2) is 42.5 Å². The molecule has 0 fully saturated rings. The van der Waals surface area contributed by atoms with Gasteiger partial charge in [0.1, 0.15) is 6.61 Å². The summed E-state index contributed by atoms with van der Waals surface area (Å²) in [6.07, 6.45) is 1.75. The van der Waals surface area contributed by atoms with Crippen LogP contribution in [0.3, 0.4) is 0 Å². The molecule has 2 aromatic carbocycles. The van der Waals surface area contributed by atoms with Gasteiger partial charge in [-0.1, -0.05) is 12.1 Å². The highest BCUT2D eigenvalue weighted by atomic mass is 32.2. The van der Waals surface area contributed by atoms with E-state index in [-0.39, 0.29) is 6.61 Å². The van der Waals surface area contributed by atoms with Gasteiger partial charge in [-0.3, -0.25) is 4.31 Å². The predicted molar refractivity (Wildman–Crippen MR) is 106 cm³/mol. The van der Waals surface area contributed by atoms with Crippen LogP contribution in [0.25, 0.3) is 11.0 Å². The highest BCUT2D eigenvalue weighted by Crippen LogP contribution is 2.31. The first kappa shape index (κ1) is 18.4. The van der Waals surface area contributed by atoms with E-state index in [2.05, 4.69) is 9.97 Å². The van der Waals surface area contributed by atoms with Crippen molar-refractivity contribution in [3.63, 3.8) is 0 Å². The number of ether oxygens (including phenoxy) is 1. The second-order valence-electron chi connectivity index (χ2n) is 6.75. The Morgan fingerprint density at radius 1 is 1.14 bits per heavy atom. The number of benzene rings is 2. The molecule has 0 atom stereocenters. The first-order valence-electron chi connectivity index (χ1n) is 8.83. The quantitative estimate of drug-likeness (QED) is 0.629. The molecule has 1 aliphatic heterocycles. The summed E-state index contributed by atoms with van der Waals surface area (Å²) < 4.78 is 30.4. The molecule has 0 spiro atoms. The Kier molecular flexibility index (Phi) is 4.50. The minimum atomic E-state index is -3.32. The van der Waals surface area contributed by atoms with Crippen molar-refractivity contribution in [1.29, 1.82) is 0 Å². The van der Waals surface area contributed by atoms with Crippen LogP contribution in [-0.4, -0.2) is 37.2 Å². The van der Waals surface area contributed by atoms with Gasteiger partial charge in [0.2, 0.25) is 10.0 Å². The fourth-order valence-electron chi connectivity index (χ4n) is 3.32. The molecular formula is C20H19N3O4S. The van der Waals surface area contributed by atoms with E-state index in [0.29, 0.717) is 35.6 Å².